The number of nitrogens with two attached hydrogens (primary N) is 1. The zero-order chi connectivity index (χ0) is 12.6. The molecule has 3 heteroatoms. The molecule has 2 unspecified atom stereocenters. The van der Waals surface area contributed by atoms with Gasteiger partial charge in [-0.25, -0.2) is 0 Å². The minimum Gasteiger partial charge on any atom is -0.330 e. The van der Waals surface area contributed by atoms with Gasteiger partial charge in [-0.2, -0.15) is 11.8 Å². The summed E-state index contributed by atoms with van der Waals surface area (Å²) in [4.78, 5) is 2.50. The Morgan fingerprint density at radius 2 is 2.00 bits per heavy atom. The van der Waals surface area contributed by atoms with Crippen LogP contribution in [0, 0.1) is 5.41 Å². The van der Waals surface area contributed by atoms with Crippen molar-refractivity contribution in [2.75, 3.05) is 32.1 Å². The predicted molar refractivity (Wildman–Crippen MR) is 77.2 cm³/mol. The molecular formula is C13H30N2S. The van der Waals surface area contributed by atoms with E-state index in [4.69, 9.17) is 5.73 Å². The highest BCUT2D eigenvalue weighted by Crippen LogP contribution is 2.24. The number of thioether (sulfide) groups is 1. The molecule has 0 aromatic rings. The minimum atomic E-state index is 0.287. The lowest BCUT2D eigenvalue weighted by molar-refractivity contribution is 0.150. The van der Waals surface area contributed by atoms with E-state index in [1.807, 2.05) is 11.8 Å². The van der Waals surface area contributed by atoms with Crippen LogP contribution in [0.2, 0.25) is 0 Å². The molecule has 0 bridgehead atoms. The maximum absolute atomic E-state index is 5.93. The van der Waals surface area contributed by atoms with Crippen molar-refractivity contribution in [2.24, 2.45) is 11.1 Å². The van der Waals surface area contributed by atoms with E-state index in [0.717, 1.165) is 13.1 Å². The fourth-order valence-corrected chi connectivity index (χ4v) is 3.20. The third-order valence-corrected chi connectivity index (χ3v) is 4.15. The molecule has 0 fully saturated rings. The molecule has 2 nitrogen and oxygen atoms in total. The molecule has 98 valence electrons. The van der Waals surface area contributed by atoms with Crippen LogP contribution in [0.15, 0.2) is 0 Å². The Labute approximate surface area is 106 Å². The highest BCUT2D eigenvalue weighted by atomic mass is 32.2. The molecule has 16 heavy (non-hydrogen) atoms. The molecule has 0 spiro atoms. The van der Waals surface area contributed by atoms with Gasteiger partial charge in [-0.3, -0.25) is 0 Å². The minimum absolute atomic E-state index is 0.287. The van der Waals surface area contributed by atoms with Crippen molar-refractivity contribution in [1.82, 2.24) is 4.90 Å². The number of nitrogens with zero attached hydrogens (tertiary/aromatic N) is 1. The molecule has 2 N–H and O–H groups in total. The second-order valence-corrected chi connectivity index (χ2v) is 6.11. The van der Waals surface area contributed by atoms with Crippen molar-refractivity contribution in [2.45, 2.75) is 46.1 Å². The summed E-state index contributed by atoms with van der Waals surface area (Å²) >= 11 is 1.94. The van der Waals surface area contributed by atoms with E-state index in [2.05, 4.69) is 39.0 Å². The van der Waals surface area contributed by atoms with Gasteiger partial charge >= 0.3 is 0 Å². The Morgan fingerprint density at radius 3 is 2.38 bits per heavy atom. The van der Waals surface area contributed by atoms with Crippen LogP contribution in [0.25, 0.3) is 0 Å². The molecule has 0 aromatic carbocycles. The van der Waals surface area contributed by atoms with E-state index >= 15 is 0 Å². The standard InChI is InChI=1S/C13H30N2S/c1-6-8-13(3,10-14)11-15(4)12(7-2)9-16-5/h12H,6-11,14H2,1-5H3. The van der Waals surface area contributed by atoms with Gasteiger partial charge in [0.05, 0.1) is 0 Å². The summed E-state index contributed by atoms with van der Waals surface area (Å²) in [6, 6.07) is 0.692. The SMILES string of the molecule is CCCC(C)(CN)CN(C)C(CC)CSC. The van der Waals surface area contributed by atoms with Crippen LogP contribution in [0.5, 0.6) is 0 Å². The van der Waals surface area contributed by atoms with Crippen molar-refractivity contribution < 1.29 is 0 Å². The van der Waals surface area contributed by atoms with E-state index < -0.39 is 0 Å². The van der Waals surface area contributed by atoms with Crippen LogP contribution >= 0.6 is 11.8 Å². The average molecular weight is 246 g/mol. The normalized spacial score (nSPS) is 17.4. The zero-order valence-electron chi connectivity index (χ0n) is 11.8. The molecule has 0 rings (SSSR count). The Hall–Kier alpha value is 0.270. The lowest BCUT2D eigenvalue weighted by Gasteiger charge is -2.36. The fourth-order valence-electron chi connectivity index (χ4n) is 2.33. The van der Waals surface area contributed by atoms with Gasteiger partial charge in [-0.05, 0) is 38.1 Å². The molecule has 0 aliphatic heterocycles. The first-order valence-corrected chi connectivity index (χ1v) is 7.81. The topological polar surface area (TPSA) is 29.3 Å². The fraction of sp³-hybridized carbons (Fsp3) is 1.00. The smallest absolute Gasteiger partial charge is 0.0180 e. The van der Waals surface area contributed by atoms with Gasteiger partial charge in [-0.1, -0.05) is 27.2 Å². The van der Waals surface area contributed by atoms with Crippen LogP contribution in [0.1, 0.15) is 40.0 Å². The maximum atomic E-state index is 5.93. The monoisotopic (exact) mass is 246 g/mol. The van der Waals surface area contributed by atoms with Crippen molar-refractivity contribution in [1.29, 1.82) is 0 Å². The molecule has 0 radical (unpaired) electrons. The molecule has 0 aliphatic carbocycles. The molecule has 2 atom stereocenters. The molecule has 0 saturated carbocycles. The number of hydrogen-bond acceptors (Lipinski definition) is 3. The van der Waals surface area contributed by atoms with E-state index in [9.17, 15) is 0 Å². The van der Waals surface area contributed by atoms with Crippen LogP contribution in [-0.4, -0.2) is 43.1 Å². The number of hydrogen-bond donors (Lipinski definition) is 1. The third kappa shape index (κ3) is 5.55. The van der Waals surface area contributed by atoms with Crippen molar-refractivity contribution >= 4 is 11.8 Å². The zero-order valence-corrected chi connectivity index (χ0v) is 12.6. The highest BCUT2D eigenvalue weighted by Gasteiger charge is 2.25. The van der Waals surface area contributed by atoms with E-state index in [0.29, 0.717) is 6.04 Å². The molecule has 0 heterocycles. The second kappa shape index (κ2) is 8.37. The molecule has 0 aromatic heterocycles. The highest BCUT2D eigenvalue weighted by molar-refractivity contribution is 7.98. The van der Waals surface area contributed by atoms with Gasteiger partial charge < -0.3 is 10.6 Å². The van der Waals surface area contributed by atoms with Gasteiger partial charge in [-0.15, -0.1) is 0 Å². The first kappa shape index (κ1) is 16.3. The van der Waals surface area contributed by atoms with Gasteiger partial charge in [0, 0.05) is 18.3 Å². The summed E-state index contributed by atoms with van der Waals surface area (Å²) in [5.74, 6) is 1.22. The van der Waals surface area contributed by atoms with Crippen LogP contribution in [0.3, 0.4) is 0 Å². The van der Waals surface area contributed by atoms with Crippen LogP contribution in [0.4, 0.5) is 0 Å². The third-order valence-electron chi connectivity index (χ3n) is 3.43. The largest absolute Gasteiger partial charge is 0.330 e. The van der Waals surface area contributed by atoms with Gasteiger partial charge in [0.1, 0.15) is 0 Å². The Balaban J connectivity index is 4.31. The van der Waals surface area contributed by atoms with Crippen molar-refractivity contribution in [3.8, 4) is 0 Å². The molecule has 0 aliphatic rings. The summed E-state index contributed by atoms with van der Waals surface area (Å²) in [7, 11) is 2.24. The summed E-state index contributed by atoms with van der Waals surface area (Å²) < 4.78 is 0. The first-order chi connectivity index (χ1) is 7.52. The summed E-state index contributed by atoms with van der Waals surface area (Å²) in [6.45, 7) is 8.75. The average Bonchev–Trinajstić information content (AvgIpc) is 2.25. The summed E-state index contributed by atoms with van der Waals surface area (Å²) in [6.07, 6.45) is 5.86. The van der Waals surface area contributed by atoms with Crippen molar-refractivity contribution in [3.05, 3.63) is 0 Å². The Kier molecular flexibility index (Phi) is 8.52. The summed E-state index contributed by atoms with van der Waals surface area (Å²) in [5, 5.41) is 0. The number of rotatable bonds is 9. The van der Waals surface area contributed by atoms with E-state index in [1.165, 1.54) is 25.0 Å². The predicted octanol–water partition coefficient (Wildman–Crippen LogP) is 2.82. The van der Waals surface area contributed by atoms with E-state index in [1.54, 1.807) is 0 Å². The molecular weight excluding hydrogens is 216 g/mol. The van der Waals surface area contributed by atoms with Gasteiger partial charge in [0.15, 0.2) is 0 Å². The molecule has 0 saturated heterocycles. The lowest BCUT2D eigenvalue weighted by atomic mass is 9.85. The second-order valence-electron chi connectivity index (χ2n) is 5.20. The Bertz CT molecular complexity index is 175. The van der Waals surface area contributed by atoms with E-state index in [-0.39, 0.29) is 5.41 Å². The van der Waals surface area contributed by atoms with Crippen LogP contribution in [-0.2, 0) is 0 Å². The lowest BCUT2D eigenvalue weighted by Crippen LogP contribution is -2.44. The first-order valence-electron chi connectivity index (χ1n) is 6.42. The van der Waals surface area contributed by atoms with Crippen molar-refractivity contribution in [3.63, 3.8) is 0 Å². The van der Waals surface area contributed by atoms with Gasteiger partial charge in [0.25, 0.3) is 0 Å². The Morgan fingerprint density at radius 1 is 1.38 bits per heavy atom. The maximum Gasteiger partial charge on any atom is 0.0180 e. The van der Waals surface area contributed by atoms with Gasteiger partial charge in [0.2, 0.25) is 0 Å². The quantitative estimate of drug-likeness (QED) is 0.678. The summed E-state index contributed by atoms with van der Waals surface area (Å²) in [5.41, 5.74) is 6.21. The van der Waals surface area contributed by atoms with Crippen LogP contribution < -0.4 is 5.73 Å². The molecule has 0 amide bonds.